The Hall–Kier alpha value is -3.74. The second-order valence-electron chi connectivity index (χ2n) is 7.20. The lowest BCUT2D eigenvalue weighted by Gasteiger charge is -2.18. The average molecular weight is 443 g/mol. The van der Waals surface area contributed by atoms with E-state index in [0.29, 0.717) is 11.5 Å². The molecule has 0 spiro atoms. The molecule has 0 radical (unpaired) electrons. The minimum absolute atomic E-state index is 0.138. The molecule has 0 bridgehead atoms. The molecule has 0 fully saturated rings. The summed E-state index contributed by atoms with van der Waals surface area (Å²) in [6, 6.07) is 30.2. The summed E-state index contributed by atoms with van der Waals surface area (Å²) in [6.07, 6.45) is 0. The minimum atomic E-state index is -0.473. The number of furan rings is 1. The predicted molar refractivity (Wildman–Crippen MR) is 129 cm³/mol. The highest BCUT2D eigenvalue weighted by Crippen LogP contribution is 2.26. The van der Waals surface area contributed by atoms with E-state index in [1.807, 2.05) is 91.0 Å². The van der Waals surface area contributed by atoms with Gasteiger partial charge in [-0.25, -0.2) is 0 Å². The number of carbonyl (C=O) groups excluding carboxylic acids is 1. The van der Waals surface area contributed by atoms with E-state index in [9.17, 15) is 4.79 Å². The summed E-state index contributed by atoms with van der Waals surface area (Å²) in [6.45, 7) is -0.138. The predicted octanol–water partition coefficient (Wildman–Crippen LogP) is 5.08. The fourth-order valence-corrected chi connectivity index (χ4v) is 3.69. The monoisotopic (exact) mass is 442 g/mol. The minimum Gasteiger partial charge on any atom is -0.459 e. The van der Waals surface area contributed by atoms with Crippen molar-refractivity contribution < 1.29 is 14.3 Å². The van der Waals surface area contributed by atoms with Crippen molar-refractivity contribution >= 4 is 28.9 Å². The van der Waals surface area contributed by atoms with Crippen molar-refractivity contribution in [2.45, 2.75) is 12.5 Å². The van der Waals surface area contributed by atoms with E-state index in [-0.39, 0.29) is 17.6 Å². The lowest BCUT2D eigenvalue weighted by molar-refractivity contribution is -0.120. The summed E-state index contributed by atoms with van der Waals surface area (Å²) >= 11 is 5.39. The Labute approximate surface area is 191 Å². The van der Waals surface area contributed by atoms with Gasteiger partial charge in [0.1, 0.15) is 18.1 Å². The highest BCUT2D eigenvalue weighted by atomic mass is 32.1. The fourth-order valence-electron chi connectivity index (χ4n) is 3.47. The molecule has 160 valence electrons. The first-order valence-corrected chi connectivity index (χ1v) is 10.6. The van der Waals surface area contributed by atoms with Crippen molar-refractivity contribution in [1.29, 1.82) is 0 Å². The smallest absolute Gasteiger partial charge is 0.238 e. The maximum atomic E-state index is 13.1. The molecule has 0 unspecified atom stereocenters. The summed E-state index contributed by atoms with van der Waals surface area (Å²) in [5.41, 5.74) is 3.40. The molecule has 5 nitrogen and oxygen atoms in total. The van der Waals surface area contributed by atoms with E-state index >= 15 is 0 Å². The zero-order valence-electron chi connectivity index (χ0n) is 17.2. The molecule has 4 rings (SSSR count). The number of hydrogen-bond acceptors (Lipinski definition) is 4. The lowest BCUT2D eigenvalue weighted by Crippen LogP contribution is -2.37. The average Bonchev–Trinajstić information content (AvgIpc) is 3.30. The van der Waals surface area contributed by atoms with Crippen molar-refractivity contribution in [1.82, 2.24) is 5.32 Å². The molecule has 0 aliphatic heterocycles. The molecule has 6 heteroatoms. The zero-order valence-corrected chi connectivity index (χ0v) is 18.0. The molecule has 1 aromatic heterocycles. The number of rotatable bonds is 6. The third-order valence-electron chi connectivity index (χ3n) is 5.01. The van der Waals surface area contributed by atoms with Gasteiger partial charge in [0.15, 0.2) is 5.11 Å². The van der Waals surface area contributed by atoms with Crippen LogP contribution in [0.15, 0.2) is 101 Å². The van der Waals surface area contributed by atoms with Crippen molar-refractivity contribution in [2.75, 3.05) is 5.32 Å². The molecular formula is C26H22N2O3S. The quantitative estimate of drug-likeness (QED) is 0.363. The van der Waals surface area contributed by atoms with Gasteiger partial charge in [-0.15, -0.1) is 0 Å². The Morgan fingerprint density at radius 3 is 1.97 bits per heavy atom. The number of aliphatic hydroxyl groups is 1. The standard InChI is InChI=1S/C26H22N2O3S/c29-17-22-15-16-23(31-22)18-11-13-21(14-12-18)27-26(32)28-25(30)24(19-7-3-1-4-8-19)20-9-5-2-6-10-20/h1-16,24,29H,17H2,(H2,27,28,30,32). The maximum Gasteiger partial charge on any atom is 0.238 e. The van der Waals surface area contributed by atoms with Gasteiger partial charge in [0.25, 0.3) is 0 Å². The van der Waals surface area contributed by atoms with E-state index in [1.54, 1.807) is 6.07 Å². The fraction of sp³-hybridized carbons (Fsp3) is 0.0769. The van der Waals surface area contributed by atoms with Crippen LogP contribution in [0.1, 0.15) is 22.8 Å². The first-order chi connectivity index (χ1) is 15.6. The topological polar surface area (TPSA) is 74.5 Å². The van der Waals surface area contributed by atoms with Gasteiger partial charge in [-0.05, 0) is 59.7 Å². The number of carbonyl (C=O) groups is 1. The first kappa shape index (κ1) is 21.5. The number of hydrogen-bond donors (Lipinski definition) is 3. The Morgan fingerprint density at radius 1 is 0.844 bits per heavy atom. The number of aliphatic hydroxyl groups excluding tert-OH is 1. The summed E-state index contributed by atoms with van der Waals surface area (Å²) in [5.74, 6) is 0.505. The van der Waals surface area contributed by atoms with Crippen molar-refractivity contribution in [2.24, 2.45) is 0 Å². The molecule has 32 heavy (non-hydrogen) atoms. The Kier molecular flexibility index (Phi) is 6.75. The van der Waals surface area contributed by atoms with E-state index in [4.69, 9.17) is 21.7 Å². The molecule has 0 saturated heterocycles. The number of benzene rings is 3. The van der Waals surface area contributed by atoms with Gasteiger partial charge in [0.2, 0.25) is 5.91 Å². The molecule has 1 amide bonds. The van der Waals surface area contributed by atoms with Crippen LogP contribution in [0, 0.1) is 0 Å². The number of nitrogens with one attached hydrogen (secondary N) is 2. The largest absolute Gasteiger partial charge is 0.459 e. The van der Waals surface area contributed by atoms with Crippen LogP contribution in [0.4, 0.5) is 5.69 Å². The third-order valence-corrected chi connectivity index (χ3v) is 5.21. The van der Waals surface area contributed by atoms with Crippen LogP contribution in [-0.2, 0) is 11.4 Å². The molecule has 0 saturated carbocycles. The maximum absolute atomic E-state index is 13.1. The van der Waals surface area contributed by atoms with E-state index in [0.717, 1.165) is 22.4 Å². The molecular weight excluding hydrogens is 420 g/mol. The highest BCUT2D eigenvalue weighted by molar-refractivity contribution is 7.80. The van der Waals surface area contributed by atoms with Crippen LogP contribution in [-0.4, -0.2) is 16.1 Å². The molecule has 4 aromatic rings. The number of thiocarbonyl (C=S) groups is 1. The second kappa shape index (κ2) is 10.0. The van der Waals surface area contributed by atoms with Crippen LogP contribution >= 0.6 is 12.2 Å². The van der Waals surface area contributed by atoms with Gasteiger partial charge in [-0.3, -0.25) is 4.79 Å². The van der Waals surface area contributed by atoms with Crippen LogP contribution in [0.2, 0.25) is 0 Å². The summed E-state index contributed by atoms with van der Waals surface area (Å²) in [5, 5.41) is 15.2. The van der Waals surface area contributed by atoms with Crippen molar-refractivity contribution in [3.05, 3.63) is 114 Å². The van der Waals surface area contributed by atoms with Crippen LogP contribution in [0.3, 0.4) is 0 Å². The van der Waals surface area contributed by atoms with Crippen LogP contribution < -0.4 is 10.6 Å². The lowest BCUT2D eigenvalue weighted by atomic mass is 9.90. The summed E-state index contributed by atoms with van der Waals surface area (Å²) < 4.78 is 5.55. The van der Waals surface area contributed by atoms with E-state index < -0.39 is 5.92 Å². The molecule has 0 aliphatic rings. The molecule has 1 heterocycles. The van der Waals surface area contributed by atoms with Crippen molar-refractivity contribution in [3.8, 4) is 11.3 Å². The Balaban J connectivity index is 1.45. The summed E-state index contributed by atoms with van der Waals surface area (Å²) in [7, 11) is 0. The van der Waals surface area contributed by atoms with Gasteiger partial charge in [0, 0.05) is 11.3 Å². The highest BCUT2D eigenvalue weighted by Gasteiger charge is 2.23. The molecule has 3 aromatic carbocycles. The third kappa shape index (κ3) is 5.11. The van der Waals surface area contributed by atoms with Crippen LogP contribution in [0.25, 0.3) is 11.3 Å². The SMILES string of the molecule is O=C(NC(=S)Nc1ccc(-c2ccc(CO)o2)cc1)C(c1ccccc1)c1ccccc1. The van der Waals surface area contributed by atoms with Crippen molar-refractivity contribution in [3.63, 3.8) is 0 Å². The van der Waals surface area contributed by atoms with Gasteiger partial charge in [-0.2, -0.15) is 0 Å². The zero-order chi connectivity index (χ0) is 22.3. The second-order valence-corrected chi connectivity index (χ2v) is 7.61. The van der Waals surface area contributed by atoms with Crippen LogP contribution in [0.5, 0.6) is 0 Å². The Bertz CT molecular complexity index is 1150. The molecule has 3 N–H and O–H groups in total. The van der Waals surface area contributed by atoms with Gasteiger partial charge in [0.05, 0.1) is 5.92 Å². The van der Waals surface area contributed by atoms with E-state index in [1.165, 1.54) is 0 Å². The summed E-state index contributed by atoms with van der Waals surface area (Å²) in [4.78, 5) is 13.1. The van der Waals surface area contributed by atoms with Gasteiger partial charge in [-0.1, -0.05) is 60.7 Å². The first-order valence-electron chi connectivity index (χ1n) is 10.2. The van der Waals surface area contributed by atoms with Gasteiger partial charge >= 0.3 is 0 Å². The molecule has 0 aliphatic carbocycles. The normalized spacial score (nSPS) is 10.7. The number of anilines is 1. The number of amides is 1. The Morgan fingerprint density at radius 2 is 1.44 bits per heavy atom. The molecule has 0 atom stereocenters. The van der Waals surface area contributed by atoms with E-state index in [2.05, 4.69) is 10.6 Å². The van der Waals surface area contributed by atoms with Gasteiger partial charge < -0.3 is 20.2 Å².